The van der Waals surface area contributed by atoms with Crippen molar-refractivity contribution in [2.45, 2.75) is 50.2 Å². The van der Waals surface area contributed by atoms with Crippen molar-refractivity contribution in [3.63, 3.8) is 0 Å². The van der Waals surface area contributed by atoms with Crippen LogP contribution in [0.25, 0.3) is 0 Å². The second-order valence-corrected chi connectivity index (χ2v) is 11.2. The molecule has 0 aromatic heterocycles. The summed E-state index contributed by atoms with van der Waals surface area (Å²) in [6, 6.07) is 35.6. The first-order valence-electron chi connectivity index (χ1n) is 13.3. The first kappa shape index (κ1) is 28.6. The van der Waals surface area contributed by atoms with E-state index in [-0.39, 0.29) is 17.6 Å². The largest absolute Gasteiger partial charge is 0.489 e. The van der Waals surface area contributed by atoms with Gasteiger partial charge in [-0.1, -0.05) is 104 Å². The van der Waals surface area contributed by atoms with Crippen molar-refractivity contribution in [2.75, 3.05) is 13.2 Å². The van der Waals surface area contributed by atoms with Crippen molar-refractivity contribution in [3.8, 4) is 5.75 Å². The highest BCUT2D eigenvalue weighted by Gasteiger charge is 2.37. The molecule has 0 aliphatic rings. The number of hydrogen-bond acceptors (Lipinski definition) is 5. The molecule has 0 fully saturated rings. The Morgan fingerprint density at radius 2 is 1.26 bits per heavy atom. The first-order chi connectivity index (χ1) is 18.9. The summed E-state index contributed by atoms with van der Waals surface area (Å²) in [6.45, 7) is 6.19. The van der Waals surface area contributed by atoms with Gasteiger partial charge in [0.15, 0.2) is 0 Å². The normalized spacial score (nSPS) is 12.7. The Bertz CT molecular complexity index is 1320. The molecule has 0 aliphatic carbocycles. The summed E-state index contributed by atoms with van der Waals surface area (Å²) in [5.41, 5.74) is 3.15. The Morgan fingerprint density at radius 3 is 1.74 bits per heavy atom. The molecule has 0 saturated carbocycles. The molecule has 0 spiro atoms. The van der Waals surface area contributed by atoms with Crippen molar-refractivity contribution in [2.24, 2.45) is 0 Å². The van der Waals surface area contributed by atoms with Crippen LogP contribution in [0, 0.1) is 6.92 Å². The Balaban J connectivity index is 1.60. The molecule has 5 nitrogen and oxygen atoms in total. The third-order valence-corrected chi connectivity index (χ3v) is 7.88. The molecular formula is C33H36O5S. The van der Waals surface area contributed by atoms with Gasteiger partial charge in [-0.2, -0.15) is 8.42 Å². The van der Waals surface area contributed by atoms with Crippen LogP contribution in [0.5, 0.6) is 5.75 Å². The van der Waals surface area contributed by atoms with Crippen molar-refractivity contribution in [1.82, 2.24) is 0 Å². The molecule has 0 amide bonds. The summed E-state index contributed by atoms with van der Waals surface area (Å²) in [6.07, 6.45) is 0.824. The molecule has 6 heteroatoms. The van der Waals surface area contributed by atoms with Crippen LogP contribution in [0.3, 0.4) is 0 Å². The van der Waals surface area contributed by atoms with Crippen molar-refractivity contribution >= 4 is 10.1 Å². The number of aryl methyl sites for hydroxylation is 1. The van der Waals surface area contributed by atoms with Crippen LogP contribution in [0.4, 0.5) is 0 Å². The maximum absolute atomic E-state index is 12.8. The van der Waals surface area contributed by atoms with Crippen LogP contribution in [0.1, 0.15) is 48.9 Å². The van der Waals surface area contributed by atoms with Crippen LogP contribution >= 0.6 is 0 Å². The lowest BCUT2D eigenvalue weighted by atomic mass is 9.80. The van der Waals surface area contributed by atoms with Gasteiger partial charge in [-0.25, -0.2) is 0 Å². The van der Waals surface area contributed by atoms with Crippen molar-refractivity contribution < 1.29 is 22.1 Å². The summed E-state index contributed by atoms with van der Waals surface area (Å²) >= 11 is 0. The quantitative estimate of drug-likeness (QED) is 0.131. The molecule has 4 aromatic carbocycles. The summed E-state index contributed by atoms with van der Waals surface area (Å²) in [5.74, 6) is 0.291. The monoisotopic (exact) mass is 544 g/mol. The van der Waals surface area contributed by atoms with Gasteiger partial charge in [-0.15, -0.1) is 0 Å². The van der Waals surface area contributed by atoms with Gasteiger partial charge in [0.1, 0.15) is 16.2 Å². The molecule has 0 aliphatic heterocycles. The number of rotatable bonds is 13. The van der Waals surface area contributed by atoms with Crippen molar-refractivity contribution in [3.05, 3.63) is 131 Å². The van der Waals surface area contributed by atoms with E-state index in [2.05, 4.69) is 36.4 Å². The summed E-state index contributed by atoms with van der Waals surface area (Å²) in [4.78, 5) is 0.0431. The maximum atomic E-state index is 12.8. The third kappa shape index (κ3) is 6.77. The summed E-state index contributed by atoms with van der Waals surface area (Å²) in [5, 5.41) is 0. The second-order valence-electron chi connectivity index (χ2n) is 9.57. The molecule has 39 heavy (non-hydrogen) atoms. The standard InChI is InChI=1S/C33H36O5S/c1-4-23-37-39(34,35)32-21-20-26(2)25-31(32)38-27(3)22-24-36-33(28-14-8-5-9-15-28,29-16-10-6-11-17-29)30-18-12-7-13-19-30/h5-21,25,27H,4,22-24H2,1-3H3. The lowest BCUT2D eigenvalue weighted by Gasteiger charge is -2.36. The van der Waals surface area contributed by atoms with E-state index in [0.29, 0.717) is 25.2 Å². The van der Waals surface area contributed by atoms with E-state index in [4.69, 9.17) is 13.7 Å². The fraction of sp³-hybridized carbons (Fsp3) is 0.273. The zero-order chi connectivity index (χ0) is 27.7. The SMILES string of the molecule is CCCOS(=O)(=O)c1ccc(C)cc1OC(C)CCOC(c1ccccc1)(c1ccccc1)c1ccccc1. The Morgan fingerprint density at radius 1 is 0.744 bits per heavy atom. The molecule has 0 radical (unpaired) electrons. The topological polar surface area (TPSA) is 61.8 Å². The molecule has 1 atom stereocenters. The van der Waals surface area contributed by atoms with Crippen LogP contribution in [0.15, 0.2) is 114 Å². The summed E-state index contributed by atoms with van der Waals surface area (Å²) in [7, 11) is -3.92. The van der Waals surface area contributed by atoms with Gasteiger partial charge in [0.2, 0.25) is 0 Å². The van der Waals surface area contributed by atoms with Crippen LogP contribution in [-0.4, -0.2) is 27.7 Å². The zero-order valence-corrected chi connectivity index (χ0v) is 23.6. The van der Waals surface area contributed by atoms with Gasteiger partial charge >= 0.3 is 10.1 Å². The van der Waals surface area contributed by atoms with Gasteiger partial charge in [0.05, 0.1) is 19.3 Å². The third-order valence-electron chi connectivity index (χ3n) is 6.52. The first-order valence-corrected chi connectivity index (χ1v) is 14.7. The number of ether oxygens (including phenoxy) is 2. The minimum absolute atomic E-state index is 0.0431. The van der Waals surface area contributed by atoms with E-state index in [1.807, 2.05) is 75.4 Å². The second kappa shape index (κ2) is 13.1. The van der Waals surface area contributed by atoms with E-state index < -0.39 is 15.7 Å². The predicted molar refractivity (Wildman–Crippen MR) is 154 cm³/mol. The van der Waals surface area contributed by atoms with Crippen LogP contribution in [-0.2, 0) is 24.6 Å². The highest BCUT2D eigenvalue weighted by Crippen LogP contribution is 2.40. The molecule has 4 aromatic rings. The van der Waals surface area contributed by atoms with E-state index in [1.54, 1.807) is 18.2 Å². The lowest BCUT2D eigenvalue weighted by Crippen LogP contribution is -2.34. The molecule has 0 saturated heterocycles. The average molecular weight is 545 g/mol. The molecule has 4 rings (SSSR count). The highest BCUT2D eigenvalue weighted by molar-refractivity contribution is 7.86. The van der Waals surface area contributed by atoms with Crippen LogP contribution < -0.4 is 4.74 Å². The smallest absolute Gasteiger partial charge is 0.300 e. The molecular weight excluding hydrogens is 508 g/mol. The fourth-order valence-electron chi connectivity index (χ4n) is 4.59. The maximum Gasteiger partial charge on any atom is 0.300 e. The van der Waals surface area contributed by atoms with Crippen LogP contribution in [0.2, 0.25) is 0 Å². The van der Waals surface area contributed by atoms with E-state index in [1.165, 1.54) is 0 Å². The molecule has 0 heterocycles. The fourth-order valence-corrected chi connectivity index (χ4v) is 5.69. The zero-order valence-electron chi connectivity index (χ0n) is 22.7. The van der Waals surface area contributed by atoms with Gasteiger partial charge < -0.3 is 9.47 Å². The van der Waals surface area contributed by atoms with Gasteiger partial charge in [-0.05, 0) is 54.7 Å². The molecule has 0 N–H and O–H groups in total. The van der Waals surface area contributed by atoms with Gasteiger partial charge in [-0.3, -0.25) is 4.18 Å². The van der Waals surface area contributed by atoms with Crippen molar-refractivity contribution in [1.29, 1.82) is 0 Å². The van der Waals surface area contributed by atoms with Gasteiger partial charge in [0, 0.05) is 6.42 Å². The molecule has 1 unspecified atom stereocenters. The minimum Gasteiger partial charge on any atom is -0.489 e. The molecule has 0 bridgehead atoms. The number of benzene rings is 4. The van der Waals surface area contributed by atoms with E-state index in [0.717, 1.165) is 22.3 Å². The predicted octanol–water partition coefficient (Wildman–Crippen LogP) is 7.28. The molecule has 204 valence electrons. The summed E-state index contributed by atoms with van der Waals surface area (Å²) < 4.78 is 43.8. The van der Waals surface area contributed by atoms with E-state index in [9.17, 15) is 8.42 Å². The Kier molecular flexibility index (Phi) is 9.57. The lowest BCUT2D eigenvalue weighted by molar-refractivity contribution is -0.000594. The highest BCUT2D eigenvalue weighted by atomic mass is 32.2. The Labute approximate surface area is 232 Å². The number of hydrogen-bond donors (Lipinski definition) is 0. The minimum atomic E-state index is -3.92. The average Bonchev–Trinajstić information content (AvgIpc) is 2.96. The Hall–Kier alpha value is -3.45. The van der Waals surface area contributed by atoms with E-state index >= 15 is 0 Å². The van der Waals surface area contributed by atoms with Gasteiger partial charge in [0.25, 0.3) is 0 Å².